The Balaban J connectivity index is 1.82. The second-order valence-corrected chi connectivity index (χ2v) is 4.46. The van der Waals surface area contributed by atoms with Crippen molar-refractivity contribution >= 4 is 5.91 Å². The summed E-state index contributed by atoms with van der Waals surface area (Å²) in [7, 11) is 0. The second-order valence-electron chi connectivity index (χ2n) is 4.46. The van der Waals surface area contributed by atoms with Gasteiger partial charge in [0, 0.05) is 25.5 Å². The molecule has 102 valence electrons. The molecule has 1 aromatic heterocycles. The average molecular weight is 268 g/mol. The zero-order chi connectivity index (χ0) is 14.2. The SMILES string of the molecule is N#CC(Cc1ccccc1)C(=O)NCCn1ccnc1. The van der Waals surface area contributed by atoms with Crippen molar-refractivity contribution in [2.24, 2.45) is 5.92 Å². The summed E-state index contributed by atoms with van der Waals surface area (Å²) in [4.78, 5) is 15.9. The third kappa shape index (κ3) is 3.95. The number of nitrogens with one attached hydrogen (secondary N) is 1. The maximum Gasteiger partial charge on any atom is 0.237 e. The molecule has 1 amide bonds. The molecule has 1 aromatic carbocycles. The zero-order valence-electron chi connectivity index (χ0n) is 11.1. The lowest BCUT2D eigenvalue weighted by atomic mass is 10.00. The van der Waals surface area contributed by atoms with Crippen molar-refractivity contribution in [3.8, 4) is 6.07 Å². The molecule has 5 heteroatoms. The first-order valence-electron chi connectivity index (χ1n) is 6.46. The molecule has 5 nitrogen and oxygen atoms in total. The first-order valence-corrected chi connectivity index (χ1v) is 6.46. The standard InChI is InChI=1S/C15H16N4O/c16-11-14(10-13-4-2-1-3-5-13)15(20)18-7-9-19-8-6-17-12-19/h1-6,8,12,14H,7,9-10H2,(H,18,20). The minimum Gasteiger partial charge on any atom is -0.353 e. The van der Waals surface area contributed by atoms with Gasteiger partial charge in [0.25, 0.3) is 0 Å². The molecule has 0 fully saturated rings. The van der Waals surface area contributed by atoms with Crippen LogP contribution in [0.1, 0.15) is 5.56 Å². The van der Waals surface area contributed by atoms with Crippen LogP contribution in [0.3, 0.4) is 0 Å². The topological polar surface area (TPSA) is 70.7 Å². The second kappa shape index (κ2) is 7.10. The number of nitriles is 1. The fourth-order valence-electron chi connectivity index (χ4n) is 1.90. The number of hydrogen-bond acceptors (Lipinski definition) is 3. The van der Waals surface area contributed by atoms with Gasteiger partial charge in [-0.15, -0.1) is 0 Å². The summed E-state index contributed by atoms with van der Waals surface area (Å²) in [5.74, 6) is -0.878. The Morgan fingerprint density at radius 1 is 1.40 bits per heavy atom. The summed E-state index contributed by atoms with van der Waals surface area (Å²) in [5.41, 5.74) is 0.990. The van der Waals surface area contributed by atoms with E-state index in [2.05, 4.69) is 16.4 Å². The Bertz CT molecular complexity index is 572. The highest BCUT2D eigenvalue weighted by Gasteiger charge is 2.17. The van der Waals surface area contributed by atoms with E-state index < -0.39 is 5.92 Å². The van der Waals surface area contributed by atoms with Crippen LogP contribution in [0.2, 0.25) is 0 Å². The van der Waals surface area contributed by atoms with Crippen molar-refractivity contribution in [1.29, 1.82) is 5.26 Å². The van der Waals surface area contributed by atoms with E-state index >= 15 is 0 Å². The van der Waals surface area contributed by atoms with E-state index in [1.165, 1.54) is 0 Å². The summed E-state index contributed by atoms with van der Waals surface area (Å²) in [6.45, 7) is 1.14. The Kier molecular flexibility index (Phi) is 4.90. The monoisotopic (exact) mass is 268 g/mol. The van der Waals surface area contributed by atoms with Crippen LogP contribution in [0.15, 0.2) is 49.1 Å². The molecule has 0 saturated heterocycles. The Morgan fingerprint density at radius 3 is 2.85 bits per heavy atom. The first kappa shape index (κ1) is 13.8. The van der Waals surface area contributed by atoms with Crippen molar-refractivity contribution in [3.63, 3.8) is 0 Å². The number of nitrogens with zero attached hydrogens (tertiary/aromatic N) is 3. The molecule has 2 rings (SSSR count). The van der Waals surface area contributed by atoms with Crippen molar-refractivity contribution in [2.45, 2.75) is 13.0 Å². The molecule has 0 aliphatic carbocycles. The predicted molar refractivity (Wildman–Crippen MR) is 74.5 cm³/mol. The van der Waals surface area contributed by atoms with Gasteiger partial charge in [-0.3, -0.25) is 4.79 Å². The highest BCUT2D eigenvalue weighted by atomic mass is 16.1. The number of benzene rings is 1. The minimum absolute atomic E-state index is 0.225. The summed E-state index contributed by atoms with van der Waals surface area (Å²) < 4.78 is 1.87. The van der Waals surface area contributed by atoms with Crippen LogP contribution in [-0.2, 0) is 17.8 Å². The zero-order valence-corrected chi connectivity index (χ0v) is 11.1. The third-order valence-corrected chi connectivity index (χ3v) is 2.98. The van der Waals surface area contributed by atoms with Crippen molar-refractivity contribution in [2.75, 3.05) is 6.54 Å². The molecule has 0 spiro atoms. The van der Waals surface area contributed by atoms with E-state index in [-0.39, 0.29) is 5.91 Å². The van der Waals surface area contributed by atoms with Gasteiger partial charge in [0.05, 0.1) is 12.4 Å². The molecule has 0 bridgehead atoms. The number of imidazole rings is 1. The quantitative estimate of drug-likeness (QED) is 0.860. The highest BCUT2D eigenvalue weighted by molar-refractivity contribution is 5.81. The fraction of sp³-hybridized carbons (Fsp3) is 0.267. The summed E-state index contributed by atoms with van der Waals surface area (Å²) in [6.07, 6.45) is 5.65. The molecular weight excluding hydrogens is 252 g/mol. The predicted octanol–water partition coefficient (Wildman–Crippen LogP) is 1.38. The molecule has 0 radical (unpaired) electrons. The van der Waals surface area contributed by atoms with Crippen LogP contribution in [-0.4, -0.2) is 22.0 Å². The summed E-state index contributed by atoms with van der Waals surface area (Å²) in [5, 5.41) is 11.9. The highest BCUT2D eigenvalue weighted by Crippen LogP contribution is 2.08. The third-order valence-electron chi connectivity index (χ3n) is 2.98. The van der Waals surface area contributed by atoms with Crippen LogP contribution >= 0.6 is 0 Å². The molecule has 0 saturated carbocycles. The molecule has 0 aliphatic heterocycles. The van der Waals surface area contributed by atoms with Crippen LogP contribution in [0.25, 0.3) is 0 Å². The lowest BCUT2D eigenvalue weighted by Crippen LogP contribution is -2.33. The molecule has 2 aromatic rings. The smallest absolute Gasteiger partial charge is 0.237 e. The lowest BCUT2D eigenvalue weighted by molar-refractivity contribution is -0.123. The van der Waals surface area contributed by atoms with E-state index in [4.69, 9.17) is 5.26 Å². The van der Waals surface area contributed by atoms with Gasteiger partial charge in [-0.05, 0) is 12.0 Å². The van der Waals surface area contributed by atoms with Gasteiger partial charge in [-0.1, -0.05) is 30.3 Å². The molecule has 1 heterocycles. The average Bonchev–Trinajstić information content (AvgIpc) is 2.99. The number of rotatable bonds is 6. The van der Waals surface area contributed by atoms with E-state index in [1.807, 2.05) is 41.1 Å². The van der Waals surface area contributed by atoms with Gasteiger partial charge in [-0.25, -0.2) is 4.98 Å². The maximum absolute atomic E-state index is 11.9. The van der Waals surface area contributed by atoms with Gasteiger partial charge >= 0.3 is 0 Å². The van der Waals surface area contributed by atoms with Gasteiger partial charge in [0.2, 0.25) is 5.91 Å². The van der Waals surface area contributed by atoms with Gasteiger partial charge in [0.15, 0.2) is 0 Å². The van der Waals surface area contributed by atoms with E-state index in [1.54, 1.807) is 12.5 Å². The van der Waals surface area contributed by atoms with Crippen LogP contribution in [0, 0.1) is 17.2 Å². The number of carbonyl (C=O) groups excluding carboxylic acids is 1. The Morgan fingerprint density at radius 2 is 2.20 bits per heavy atom. The number of aromatic nitrogens is 2. The molecule has 1 N–H and O–H groups in total. The van der Waals surface area contributed by atoms with E-state index in [0.29, 0.717) is 19.5 Å². The fourth-order valence-corrected chi connectivity index (χ4v) is 1.90. The number of amides is 1. The maximum atomic E-state index is 11.9. The van der Waals surface area contributed by atoms with Gasteiger partial charge in [-0.2, -0.15) is 5.26 Å². The minimum atomic E-state index is -0.653. The van der Waals surface area contributed by atoms with Crippen LogP contribution in [0.4, 0.5) is 0 Å². The molecule has 1 atom stereocenters. The van der Waals surface area contributed by atoms with Crippen molar-refractivity contribution in [1.82, 2.24) is 14.9 Å². The number of carbonyl (C=O) groups is 1. The first-order chi connectivity index (χ1) is 9.79. The summed E-state index contributed by atoms with van der Waals surface area (Å²) >= 11 is 0. The van der Waals surface area contributed by atoms with E-state index in [9.17, 15) is 4.79 Å². The summed E-state index contributed by atoms with van der Waals surface area (Å²) in [6, 6.07) is 11.6. The van der Waals surface area contributed by atoms with Crippen molar-refractivity contribution < 1.29 is 4.79 Å². The largest absolute Gasteiger partial charge is 0.353 e. The molecular formula is C15H16N4O. The van der Waals surface area contributed by atoms with Gasteiger partial charge < -0.3 is 9.88 Å². The molecule has 0 aliphatic rings. The van der Waals surface area contributed by atoms with Crippen LogP contribution in [0.5, 0.6) is 0 Å². The Hall–Kier alpha value is -2.61. The van der Waals surface area contributed by atoms with E-state index in [0.717, 1.165) is 5.56 Å². The normalized spacial score (nSPS) is 11.6. The van der Waals surface area contributed by atoms with Crippen molar-refractivity contribution in [3.05, 3.63) is 54.6 Å². The van der Waals surface area contributed by atoms with Gasteiger partial charge in [0.1, 0.15) is 5.92 Å². The molecule has 1 unspecified atom stereocenters. The molecule has 20 heavy (non-hydrogen) atoms. The lowest BCUT2D eigenvalue weighted by Gasteiger charge is -2.10. The Labute approximate surface area is 117 Å². The number of hydrogen-bond donors (Lipinski definition) is 1. The van der Waals surface area contributed by atoms with Crippen LogP contribution < -0.4 is 5.32 Å².